The summed E-state index contributed by atoms with van der Waals surface area (Å²) in [4.78, 5) is 77.8. The fourth-order valence-electron chi connectivity index (χ4n) is 9.85. The first-order chi connectivity index (χ1) is 30.1. The number of aromatic hydroxyl groups is 1. The van der Waals surface area contributed by atoms with Gasteiger partial charge >= 0.3 is 6.18 Å². The molecular formula is C46H32Cl2F3IN4O7. The first-order valence-corrected chi connectivity index (χ1v) is 21.4. The zero-order chi connectivity index (χ0) is 44.7. The van der Waals surface area contributed by atoms with E-state index in [1.165, 1.54) is 7.11 Å². The molecule has 2 N–H and O–H groups in total. The third-order valence-electron chi connectivity index (χ3n) is 12.6. The highest BCUT2D eigenvalue weighted by Gasteiger charge is 2.70. The van der Waals surface area contributed by atoms with Gasteiger partial charge in [-0.2, -0.15) is 18.2 Å². The Bertz CT molecular complexity index is 2790. The minimum absolute atomic E-state index is 0.0658. The first kappa shape index (κ1) is 42.5. The van der Waals surface area contributed by atoms with Gasteiger partial charge in [-0.15, -0.1) is 0 Å². The molecule has 17 heteroatoms. The van der Waals surface area contributed by atoms with E-state index in [0.717, 1.165) is 4.90 Å². The minimum atomic E-state index is -4.78. The Labute approximate surface area is 380 Å². The maximum absolute atomic E-state index is 15.5. The number of aromatic nitrogens is 1. The molecule has 4 amide bonds. The summed E-state index contributed by atoms with van der Waals surface area (Å²) in [6, 6.07) is 25.1. The molecule has 4 aliphatic rings. The highest BCUT2D eigenvalue weighted by atomic mass is 127. The molecule has 2 aliphatic heterocycles. The summed E-state index contributed by atoms with van der Waals surface area (Å²) in [7, 11) is 1.36. The van der Waals surface area contributed by atoms with Crippen molar-refractivity contribution in [1.29, 1.82) is 0 Å². The van der Waals surface area contributed by atoms with Crippen molar-refractivity contribution < 1.29 is 47.0 Å². The van der Waals surface area contributed by atoms with E-state index >= 15 is 9.59 Å². The lowest BCUT2D eigenvalue weighted by atomic mass is 9.49. The average Bonchev–Trinajstić information content (AvgIpc) is 3.65. The van der Waals surface area contributed by atoms with Crippen molar-refractivity contribution in [2.24, 2.45) is 23.7 Å². The number of allylic oxidation sites excluding steroid dienone is 2. The molecule has 9 rings (SSSR count). The molecule has 63 heavy (non-hydrogen) atoms. The Morgan fingerprint density at radius 2 is 1.59 bits per heavy atom. The number of imide groups is 2. The normalized spacial score (nSPS) is 24.2. The maximum Gasteiger partial charge on any atom is 0.417 e. The Morgan fingerprint density at radius 1 is 0.905 bits per heavy atom. The topological polar surface area (TPSA) is 146 Å². The van der Waals surface area contributed by atoms with E-state index in [-0.39, 0.29) is 35.8 Å². The van der Waals surface area contributed by atoms with Crippen LogP contribution in [0.5, 0.6) is 11.5 Å². The standard InChI is InChI=1S/C46H32Cl2F3IN4O7/c1-63-35-18-24(17-34(52)39(35)58)37-29-15-16-30-36(43(61)55(41(30)59)28-13-7-23(8-14-28)38(57)22-5-3-2-4-6-22)31(29)20-32-42(60)56(44(62)45(32,37)25-9-11-27(47)12-10-25)54-40-33(48)19-26(21-53-40)46(49,50)51/h2-15,17-19,21,30-32,36-37,58H,16,20H2,1H3,(H,53,54). The molecule has 1 aromatic heterocycles. The molecule has 0 bridgehead atoms. The molecule has 1 saturated carbocycles. The molecule has 2 saturated heterocycles. The predicted octanol–water partition coefficient (Wildman–Crippen LogP) is 9.15. The van der Waals surface area contributed by atoms with Gasteiger partial charge in [0.05, 0.1) is 50.1 Å². The van der Waals surface area contributed by atoms with Gasteiger partial charge in [-0.05, 0) is 107 Å². The number of carbonyl (C=O) groups is 5. The van der Waals surface area contributed by atoms with Gasteiger partial charge < -0.3 is 9.84 Å². The third-order valence-corrected chi connectivity index (χ3v) is 13.9. The van der Waals surface area contributed by atoms with Crippen LogP contribution in [-0.2, 0) is 30.8 Å². The number of benzene rings is 4. The lowest BCUT2D eigenvalue weighted by molar-refractivity contribution is -0.139. The third kappa shape index (κ3) is 6.77. The number of ether oxygens (including phenoxy) is 1. The number of pyridine rings is 1. The number of ketones is 1. The summed E-state index contributed by atoms with van der Waals surface area (Å²) >= 11 is 14.6. The van der Waals surface area contributed by atoms with Crippen molar-refractivity contribution in [1.82, 2.24) is 9.99 Å². The highest BCUT2D eigenvalue weighted by Crippen LogP contribution is 2.65. The highest BCUT2D eigenvalue weighted by molar-refractivity contribution is 14.1. The molecule has 11 nitrogen and oxygen atoms in total. The van der Waals surface area contributed by atoms with Gasteiger partial charge in [-0.1, -0.05) is 77.3 Å². The maximum atomic E-state index is 15.5. The van der Waals surface area contributed by atoms with E-state index in [9.17, 15) is 32.7 Å². The second-order valence-electron chi connectivity index (χ2n) is 15.7. The van der Waals surface area contributed by atoms with E-state index in [0.29, 0.717) is 53.7 Å². The molecule has 3 fully saturated rings. The summed E-state index contributed by atoms with van der Waals surface area (Å²) in [5, 5.41) is 11.5. The zero-order valence-electron chi connectivity index (χ0n) is 32.7. The van der Waals surface area contributed by atoms with Crippen LogP contribution in [0.1, 0.15) is 51.4 Å². The van der Waals surface area contributed by atoms with Crippen LogP contribution in [0.15, 0.2) is 115 Å². The number of hydrazine groups is 1. The first-order valence-electron chi connectivity index (χ1n) is 19.5. The number of fused-ring (bicyclic) bond motifs is 4. The molecule has 0 radical (unpaired) electrons. The number of hydrogen-bond acceptors (Lipinski definition) is 9. The number of nitrogens with zero attached hydrogens (tertiary/aromatic N) is 3. The van der Waals surface area contributed by atoms with Crippen LogP contribution in [0.25, 0.3) is 0 Å². The Kier molecular flexibility index (Phi) is 10.7. The summed E-state index contributed by atoms with van der Waals surface area (Å²) in [6.45, 7) is 0. The molecule has 6 unspecified atom stereocenters. The van der Waals surface area contributed by atoms with Crippen LogP contribution >= 0.6 is 45.8 Å². The Hall–Kier alpha value is -5.78. The summed E-state index contributed by atoms with van der Waals surface area (Å²) in [5.41, 5.74) is 2.14. The number of methoxy groups -OCH3 is 1. The van der Waals surface area contributed by atoms with E-state index < -0.39 is 81.2 Å². The van der Waals surface area contributed by atoms with Gasteiger partial charge in [0.1, 0.15) is 0 Å². The number of anilines is 2. The molecule has 3 heterocycles. The fourth-order valence-corrected chi connectivity index (χ4v) is 10.8. The number of hydrogen-bond donors (Lipinski definition) is 2. The second kappa shape index (κ2) is 15.8. The van der Waals surface area contributed by atoms with Crippen LogP contribution in [0.3, 0.4) is 0 Å². The monoisotopic (exact) mass is 1010 g/mol. The van der Waals surface area contributed by atoms with Crippen molar-refractivity contribution in [2.45, 2.75) is 30.4 Å². The fraction of sp³-hybridized carbons (Fsp3) is 0.217. The van der Waals surface area contributed by atoms with Gasteiger partial charge in [-0.3, -0.25) is 34.3 Å². The van der Waals surface area contributed by atoms with Gasteiger partial charge in [-0.25, -0.2) is 4.98 Å². The molecule has 4 aromatic carbocycles. The van der Waals surface area contributed by atoms with Crippen molar-refractivity contribution >= 4 is 86.7 Å². The second-order valence-corrected chi connectivity index (χ2v) is 17.7. The van der Waals surface area contributed by atoms with Crippen molar-refractivity contribution in [3.05, 3.63) is 156 Å². The average molecular weight is 1010 g/mol. The summed E-state index contributed by atoms with van der Waals surface area (Å²) < 4.78 is 46.7. The number of halogens is 6. The molecule has 6 atom stereocenters. The van der Waals surface area contributed by atoms with E-state index in [4.69, 9.17) is 27.9 Å². The molecule has 5 aromatic rings. The lowest BCUT2D eigenvalue weighted by Crippen LogP contribution is -2.53. The van der Waals surface area contributed by atoms with E-state index in [2.05, 4.69) is 10.4 Å². The van der Waals surface area contributed by atoms with E-state index in [1.54, 1.807) is 91.0 Å². The van der Waals surface area contributed by atoms with Gasteiger partial charge in [0, 0.05) is 28.3 Å². The summed E-state index contributed by atoms with van der Waals surface area (Å²) in [6.07, 6.45) is -2.42. The van der Waals surface area contributed by atoms with E-state index in [1.807, 2.05) is 28.7 Å². The number of nitrogens with one attached hydrogen (secondary N) is 1. The van der Waals surface area contributed by atoms with Crippen molar-refractivity contribution in [3.63, 3.8) is 0 Å². The summed E-state index contributed by atoms with van der Waals surface area (Å²) in [5.74, 6) is -8.23. The van der Waals surface area contributed by atoms with Crippen LogP contribution in [-0.4, -0.2) is 51.6 Å². The van der Waals surface area contributed by atoms with Crippen molar-refractivity contribution in [2.75, 3.05) is 17.4 Å². The number of phenolic OH excluding ortho intramolecular Hbond substituents is 1. The Balaban J connectivity index is 1.17. The SMILES string of the molecule is COc1cc(C2C3=CCC4C(=O)N(c5ccc(C(=O)c6ccccc6)cc5)C(=O)C4C3CC3C(=O)N(Nc4ncc(C(F)(F)F)cc4Cl)C(=O)C32c2ccc(Cl)cc2)cc(I)c1O. The van der Waals surface area contributed by atoms with Crippen LogP contribution in [0.2, 0.25) is 10.0 Å². The quantitative estimate of drug-likeness (QED) is 0.0673. The number of alkyl halides is 3. The molecule has 320 valence electrons. The van der Waals surface area contributed by atoms with Gasteiger partial charge in [0.25, 0.3) is 11.8 Å². The number of rotatable bonds is 8. The number of carbonyl (C=O) groups excluding carboxylic acids is 5. The van der Waals surface area contributed by atoms with Gasteiger partial charge in [0.15, 0.2) is 23.1 Å². The number of amides is 4. The number of phenols is 1. The van der Waals surface area contributed by atoms with Gasteiger partial charge in [0.2, 0.25) is 11.8 Å². The Morgan fingerprint density at radius 3 is 2.24 bits per heavy atom. The van der Waals surface area contributed by atoms with Crippen LogP contribution < -0.4 is 15.1 Å². The minimum Gasteiger partial charge on any atom is -0.504 e. The molecule has 2 aliphatic carbocycles. The van der Waals surface area contributed by atoms with Crippen LogP contribution in [0.4, 0.5) is 24.7 Å². The smallest absolute Gasteiger partial charge is 0.417 e. The van der Waals surface area contributed by atoms with Crippen molar-refractivity contribution in [3.8, 4) is 11.5 Å². The lowest BCUT2D eigenvalue weighted by Gasteiger charge is -2.50. The zero-order valence-corrected chi connectivity index (χ0v) is 36.4. The largest absolute Gasteiger partial charge is 0.504 e. The van der Waals surface area contributed by atoms with Crippen LogP contribution in [0, 0.1) is 27.2 Å². The predicted molar refractivity (Wildman–Crippen MR) is 233 cm³/mol. The molecular weight excluding hydrogens is 975 g/mol. The molecule has 0 spiro atoms.